The number of thiazole rings is 1. The molecule has 1 aromatic carbocycles. The molecule has 0 bridgehead atoms. The average Bonchev–Trinajstić information content (AvgIpc) is 3.08. The van der Waals surface area contributed by atoms with Gasteiger partial charge in [0, 0.05) is 17.5 Å². The minimum atomic E-state index is 0.212. The molecule has 4 nitrogen and oxygen atoms in total. The van der Waals surface area contributed by atoms with Crippen LogP contribution in [0.2, 0.25) is 0 Å². The zero-order valence-corrected chi connectivity index (χ0v) is 13.1. The number of aryl methyl sites for hydroxylation is 1. The van der Waals surface area contributed by atoms with Crippen LogP contribution in [0, 0.1) is 6.92 Å². The maximum Gasteiger partial charge on any atom is 0.197 e. The van der Waals surface area contributed by atoms with Crippen LogP contribution in [0.25, 0.3) is 11.1 Å². The van der Waals surface area contributed by atoms with Crippen molar-refractivity contribution < 1.29 is 4.42 Å². The molecule has 0 aliphatic rings. The summed E-state index contributed by atoms with van der Waals surface area (Å²) in [6.45, 7) is 5.17. The first-order valence-electron chi connectivity index (χ1n) is 7.26. The van der Waals surface area contributed by atoms with Gasteiger partial charge in [-0.15, -0.1) is 11.3 Å². The number of nitrogens with one attached hydrogen (secondary N) is 1. The zero-order chi connectivity index (χ0) is 14.7. The van der Waals surface area contributed by atoms with E-state index in [9.17, 15) is 0 Å². The van der Waals surface area contributed by atoms with Crippen LogP contribution in [-0.4, -0.2) is 16.5 Å². The fourth-order valence-corrected chi connectivity index (χ4v) is 3.17. The highest BCUT2D eigenvalue weighted by atomic mass is 32.1. The summed E-state index contributed by atoms with van der Waals surface area (Å²) >= 11 is 1.73. The number of rotatable bonds is 6. The van der Waals surface area contributed by atoms with Gasteiger partial charge in [0.25, 0.3) is 0 Å². The zero-order valence-electron chi connectivity index (χ0n) is 12.3. The molecule has 0 aliphatic carbocycles. The van der Waals surface area contributed by atoms with Gasteiger partial charge < -0.3 is 9.73 Å². The van der Waals surface area contributed by atoms with Gasteiger partial charge in [0.15, 0.2) is 11.5 Å². The molecule has 3 aromatic rings. The molecule has 2 aromatic heterocycles. The third-order valence-corrected chi connectivity index (χ3v) is 4.37. The molecular weight excluding hydrogens is 282 g/mol. The summed E-state index contributed by atoms with van der Waals surface area (Å²) in [5.41, 5.74) is 1.77. The molecule has 21 heavy (non-hydrogen) atoms. The van der Waals surface area contributed by atoms with E-state index in [1.54, 1.807) is 11.3 Å². The smallest absolute Gasteiger partial charge is 0.197 e. The molecule has 0 amide bonds. The van der Waals surface area contributed by atoms with Crippen molar-refractivity contribution in [2.75, 3.05) is 6.54 Å². The number of fused-ring (bicyclic) bond motifs is 1. The van der Waals surface area contributed by atoms with Crippen molar-refractivity contribution in [1.29, 1.82) is 0 Å². The topological polar surface area (TPSA) is 51.0 Å². The lowest BCUT2D eigenvalue weighted by atomic mass is 10.2. The second kappa shape index (κ2) is 6.37. The Morgan fingerprint density at radius 2 is 2.19 bits per heavy atom. The Balaban J connectivity index is 1.83. The van der Waals surface area contributed by atoms with Gasteiger partial charge >= 0.3 is 0 Å². The summed E-state index contributed by atoms with van der Waals surface area (Å²) < 4.78 is 5.84. The third-order valence-electron chi connectivity index (χ3n) is 3.34. The predicted octanol–water partition coefficient (Wildman–Crippen LogP) is 3.88. The van der Waals surface area contributed by atoms with E-state index in [-0.39, 0.29) is 6.04 Å². The van der Waals surface area contributed by atoms with Crippen LogP contribution in [0.3, 0.4) is 0 Å². The van der Waals surface area contributed by atoms with Gasteiger partial charge in [0.1, 0.15) is 5.52 Å². The van der Waals surface area contributed by atoms with E-state index in [2.05, 4.69) is 22.2 Å². The van der Waals surface area contributed by atoms with Crippen LogP contribution in [0.4, 0.5) is 0 Å². The molecule has 0 saturated carbocycles. The summed E-state index contributed by atoms with van der Waals surface area (Å²) in [5.74, 6) is 0.774. The lowest BCUT2D eigenvalue weighted by Crippen LogP contribution is -2.23. The van der Waals surface area contributed by atoms with E-state index < -0.39 is 0 Å². The van der Waals surface area contributed by atoms with Crippen LogP contribution in [0.1, 0.15) is 35.2 Å². The SMILES string of the molecule is CCCNC(Cc1nc2ccccc2o1)c1cnc(C)s1. The van der Waals surface area contributed by atoms with Crippen LogP contribution in [0.15, 0.2) is 34.9 Å². The van der Waals surface area contributed by atoms with Crippen molar-refractivity contribution in [2.24, 2.45) is 0 Å². The van der Waals surface area contributed by atoms with Gasteiger partial charge in [-0.25, -0.2) is 9.97 Å². The van der Waals surface area contributed by atoms with Crippen LogP contribution < -0.4 is 5.32 Å². The van der Waals surface area contributed by atoms with Crippen LogP contribution >= 0.6 is 11.3 Å². The Labute approximate surface area is 128 Å². The Hall–Kier alpha value is -1.72. The molecule has 0 fully saturated rings. The fourth-order valence-electron chi connectivity index (χ4n) is 2.31. The van der Waals surface area contributed by atoms with E-state index in [1.165, 1.54) is 4.88 Å². The Kier molecular flexibility index (Phi) is 4.31. The number of hydrogen-bond donors (Lipinski definition) is 1. The molecule has 1 unspecified atom stereocenters. The molecule has 0 aliphatic heterocycles. The Morgan fingerprint density at radius 3 is 2.90 bits per heavy atom. The minimum absolute atomic E-state index is 0.212. The predicted molar refractivity (Wildman–Crippen MR) is 85.6 cm³/mol. The number of benzene rings is 1. The Bertz CT molecular complexity index is 686. The fraction of sp³-hybridized carbons (Fsp3) is 0.375. The highest BCUT2D eigenvalue weighted by Crippen LogP contribution is 2.25. The maximum atomic E-state index is 5.84. The van der Waals surface area contributed by atoms with E-state index in [4.69, 9.17) is 4.42 Å². The number of oxazole rings is 1. The first-order valence-corrected chi connectivity index (χ1v) is 8.08. The van der Waals surface area contributed by atoms with Gasteiger partial charge in [0.05, 0.1) is 11.0 Å². The molecule has 0 saturated heterocycles. The van der Waals surface area contributed by atoms with Crippen molar-refractivity contribution in [3.63, 3.8) is 0 Å². The number of hydrogen-bond acceptors (Lipinski definition) is 5. The molecule has 0 spiro atoms. The number of nitrogens with zero attached hydrogens (tertiary/aromatic N) is 2. The number of para-hydroxylation sites is 2. The van der Waals surface area contributed by atoms with Crippen LogP contribution in [0.5, 0.6) is 0 Å². The highest BCUT2D eigenvalue weighted by molar-refractivity contribution is 7.11. The summed E-state index contributed by atoms with van der Waals surface area (Å²) in [7, 11) is 0. The minimum Gasteiger partial charge on any atom is -0.441 e. The first kappa shape index (κ1) is 14.2. The standard InChI is InChI=1S/C16H19N3OS/c1-3-8-17-13(15-10-18-11(2)21-15)9-16-19-12-6-4-5-7-14(12)20-16/h4-7,10,13,17H,3,8-9H2,1-2H3. The van der Waals surface area contributed by atoms with E-state index in [1.807, 2.05) is 37.4 Å². The number of aromatic nitrogens is 2. The molecule has 0 radical (unpaired) electrons. The quantitative estimate of drug-likeness (QED) is 0.751. The molecular formula is C16H19N3OS. The molecule has 2 heterocycles. The van der Waals surface area contributed by atoms with Gasteiger partial charge in [-0.05, 0) is 32.0 Å². The van der Waals surface area contributed by atoms with Crippen LogP contribution in [-0.2, 0) is 6.42 Å². The second-order valence-electron chi connectivity index (χ2n) is 5.07. The molecule has 5 heteroatoms. The van der Waals surface area contributed by atoms with Crippen molar-refractivity contribution in [2.45, 2.75) is 32.7 Å². The lowest BCUT2D eigenvalue weighted by molar-refractivity contribution is 0.457. The molecule has 1 N–H and O–H groups in total. The normalized spacial score (nSPS) is 12.9. The van der Waals surface area contributed by atoms with Gasteiger partial charge in [-0.1, -0.05) is 19.1 Å². The van der Waals surface area contributed by atoms with Gasteiger partial charge in [0.2, 0.25) is 0 Å². The van der Waals surface area contributed by atoms with Crippen molar-refractivity contribution >= 4 is 22.4 Å². The van der Waals surface area contributed by atoms with E-state index >= 15 is 0 Å². The second-order valence-corrected chi connectivity index (χ2v) is 6.33. The summed E-state index contributed by atoms with van der Waals surface area (Å²) in [6, 6.07) is 8.10. The van der Waals surface area contributed by atoms with Gasteiger partial charge in [-0.3, -0.25) is 0 Å². The average molecular weight is 301 g/mol. The monoisotopic (exact) mass is 301 g/mol. The highest BCUT2D eigenvalue weighted by Gasteiger charge is 2.17. The van der Waals surface area contributed by atoms with Crippen molar-refractivity contribution in [3.8, 4) is 0 Å². The van der Waals surface area contributed by atoms with Gasteiger partial charge in [-0.2, -0.15) is 0 Å². The summed E-state index contributed by atoms with van der Waals surface area (Å²) in [6.07, 6.45) is 3.80. The summed E-state index contributed by atoms with van der Waals surface area (Å²) in [5, 5.41) is 4.65. The van der Waals surface area contributed by atoms with E-state index in [0.717, 1.165) is 41.4 Å². The molecule has 1 atom stereocenters. The molecule has 110 valence electrons. The summed E-state index contributed by atoms with van der Waals surface area (Å²) in [4.78, 5) is 10.2. The lowest BCUT2D eigenvalue weighted by Gasteiger charge is -2.14. The molecule has 3 rings (SSSR count). The largest absolute Gasteiger partial charge is 0.441 e. The maximum absolute atomic E-state index is 5.84. The van der Waals surface area contributed by atoms with Crippen molar-refractivity contribution in [1.82, 2.24) is 15.3 Å². The first-order chi connectivity index (χ1) is 10.3. The Morgan fingerprint density at radius 1 is 1.33 bits per heavy atom. The third kappa shape index (κ3) is 3.31. The van der Waals surface area contributed by atoms with E-state index in [0.29, 0.717) is 0 Å². The van der Waals surface area contributed by atoms with Crippen molar-refractivity contribution in [3.05, 3.63) is 46.2 Å².